The van der Waals surface area contributed by atoms with E-state index < -0.39 is 12.4 Å². The third-order valence-electron chi connectivity index (χ3n) is 2.15. The molecule has 0 saturated heterocycles. The van der Waals surface area contributed by atoms with Gasteiger partial charge in [0.2, 0.25) is 0 Å². The van der Waals surface area contributed by atoms with Crippen LogP contribution in [-0.2, 0) is 10.6 Å². The molecule has 0 fully saturated rings. The molecular formula is C10H10ClF2NO2. The van der Waals surface area contributed by atoms with Crippen LogP contribution in [0.3, 0.4) is 0 Å². The first kappa shape index (κ1) is 12.8. The SMILES string of the molecule is COC(=O)c1ncc(C)c(C(F)F)c1CCl. The molecule has 0 aliphatic heterocycles. The summed E-state index contributed by atoms with van der Waals surface area (Å²) in [4.78, 5) is 15.1. The van der Waals surface area contributed by atoms with Crippen molar-refractivity contribution in [1.29, 1.82) is 0 Å². The van der Waals surface area contributed by atoms with Crippen molar-refractivity contribution < 1.29 is 18.3 Å². The van der Waals surface area contributed by atoms with E-state index in [0.29, 0.717) is 5.56 Å². The van der Waals surface area contributed by atoms with Gasteiger partial charge in [0.05, 0.1) is 13.0 Å². The molecule has 0 N–H and O–H groups in total. The molecule has 0 bridgehead atoms. The summed E-state index contributed by atoms with van der Waals surface area (Å²) in [6.07, 6.45) is -1.48. The van der Waals surface area contributed by atoms with Gasteiger partial charge in [-0.15, -0.1) is 11.6 Å². The highest BCUT2D eigenvalue weighted by Crippen LogP contribution is 2.29. The molecule has 0 amide bonds. The van der Waals surface area contributed by atoms with Crippen LogP contribution in [0, 0.1) is 6.92 Å². The molecule has 0 aliphatic rings. The van der Waals surface area contributed by atoms with Crippen molar-refractivity contribution in [3.8, 4) is 0 Å². The van der Waals surface area contributed by atoms with Crippen LogP contribution < -0.4 is 0 Å². The van der Waals surface area contributed by atoms with E-state index in [1.54, 1.807) is 0 Å². The molecular weight excluding hydrogens is 240 g/mol. The second kappa shape index (κ2) is 5.21. The maximum absolute atomic E-state index is 12.8. The minimum Gasteiger partial charge on any atom is -0.464 e. The minimum absolute atomic E-state index is 0.0310. The number of esters is 1. The Balaban J connectivity index is 3.42. The van der Waals surface area contributed by atoms with E-state index in [9.17, 15) is 13.6 Å². The molecule has 6 heteroatoms. The predicted molar refractivity (Wildman–Crippen MR) is 54.8 cm³/mol. The summed E-state index contributed by atoms with van der Waals surface area (Å²) < 4.78 is 30.0. The van der Waals surface area contributed by atoms with Crippen molar-refractivity contribution >= 4 is 17.6 Å². The van der Waals surface area contributed by atoms with Gasteiger partial charge in [0.25, 0.3) is 6.43 Å². The van der Waals surface area contributed by atoms with Gasteiger partial charge in [-0.3, -0.25) is 0 Å². The number of methoxy groups -OCH3 is 1. The Morgan fingerprint density at radius 2 is 2.25 bits per heavy atom. The number of ether oxygens (including phenoxy) is 1. The van der Waals surface area contributed by atoms with Crippen molar-refractivity contribution in [2.75, 3.05) is 7.11 Å². The van der Waals surface area contributed by atoms with Crippen LogP contribution in [0.5, 0.6) is 0 Å². The Morgan fingerprint density at radius 3 is 2.69 bits per heavy atom. The van der Waals surface area contributed by atoms with Crippen LogP contribution in [0.4, 0.5) is 8.78 Å². The smallest absolute Gasteiger partial charge is 0.356 e. The van der Waals surface area contributed by atoms with E-state index in [-0.39, 0.29) is 22.7 Å². The van der Waals surface area contributed by atoms with E-state index >= 15 is 0 Å². The molecule has 0 unspecified atom stereocenters. The number of pyridine rings is 1. The zero-order valence-electron chi connectivity index (χ0n) is 8.76. The zero-order chi connectivity index (χ0) is 12.3. The average molecular weight is 250 g/mol. The number of carbonyl (C=O) groups excluding carboxylic acids is 1. The maximum atomic E-state index is 12.8. The van der Waals surface area contributed by atoms with Gasteiger partial charge in [-0.2, -0.15) is 0 Å². The molecule has 1 rings (SSSR count). The molecule has 3 nitrogen and oxygen atoms in total. The van der Waals surface area contributed by atoms with E-state index in [2.05, 4.69) is 9.72 Å². The molecule has 0 radical (unpaired) electrons. The van der Waals surface area contributed by atoms with Gasteiger partial charge >= 0.3 is 5.97 Å². The van der Waals surface area contributed by atoms with Crippen LogP contribution in [0.25, 0.3) is 0 Å². The maximum Gasteiger partial charge on any atom is 0.356 e. The van der Waals surface area contributed by atoms with E-state index in [0.717, 1.165) is 7.11 Å². The topological polar surface area (TPSA) is 39.2 Å². The number of aryl methyl sites for hydroxylation is 1. The highest BCUT2D eigenvalue weighted by atomic mass is 35.5. The molecule has 1 heterocycles. The van der Waals surface area contributed by atoms with Crippen LogP contribution in [0.1, 0.15) is 33.6 Å². The molecule has 0 saturated carbocycles. The van der Waals surface area contributed by atoms with Crippen molar-refractivity contribution in [3.63, 3.8) is 0 Å². The lowest BCUT2D eigenvalue weighted by atomic mass is 10.0. The van der Waals surface area contributed by atoms with Crippen molar-refractivity contribution in [3.05, 3.63) is 28.6 Å². The summed E-state index contributed by atoms with van der Waals surface area (Å²) in [6, 6.07) is 0. The predicted octanol–water partition coefficient (Wildman–Crippen LogP) is 2.85. The van der Waals surface area contributed by atoms with Crippen molar-refractivity contribution in [2.45, 2.75) is 19.2 Å². The fourth-order valence-electron chi connectivity index (χ4n) is 1.39. The van der Waals surface area contributed by atoms with Crippen LogP contribution >= 0.6 is 11.6 Å². The molecule has 1 aromatic rings. The summed E-state index contributed by atoms with van der Waals surface area (Å²) in [5.74, 6) is -0.976. The van der Waals surface area contributed by atoms with Crippen molar-refractivity contribution in [1.82, 2.24) is 4.98 Å². The Hall–Kier alpha value is -1.23. The lowest BCUT2D eigenvalue weighted by Gasteiger charge is -2.12. The molecule has 0 aliphatic carbocycles. The fourth-order valence-corrected chi connectivity index (χ4v) is 1.66. The number of aromatic nitrogens is 1. The molecule has 0 aromatic carbocycles. The van der Waals surface area contributed by atoms with Gasteiger partial charge in [0.1, 0.15) is 0 Å². The van der Waals surface area contributed by atoms with Gasteiger partial charge in [0, 0.05) is 17.3 Å². The largest absolute Gasteiger partial charge is 0.464 e. The van der Waals surface area contributed by atoms with Gasteiger partial charge in [-0.05, 0) is 12.5 Å². The Kier molecular flexibility index (Phi) is 4.18. The van der Waals surface area contributed by atoms with Gasteiger partial charge in [0.15, 0.2) is 5.69 Å². The standard InChI is InChI=1S/C10H10ClF2NO2/c1-5-4-14-8(10(15)16-2)6(3-11)7(5)9(12)13/h4,9H,3H2,1-2H3. The van der Waals surface area contributed by atoms with Gasteiger partial charge < -0.3 is 4.74 Å². The molecule has 16 heavy (non-hydrogen) atoms. The number of hydrogen-bond donors (Lipinski definition) is 0. The first-order valence-electron chi connectivity index (χ1n) is 4.43. The summed E-state index contributed by atoms with van der Waals surface area (Å²) in [7, 11) is 1.16. The first-order valence-corrected chi connectivity index (χ1v) is 4.97. The van der Waals surface area contributed by atoms with E-state index in [1.807, 2.05) is 0 Å². The fraction of sp³-hybridized carbons (Fsp3) is 0.400. The van der Waals surface area contributed by atoms with Crippen LogP contribution in [0.2, 0.25) is 0 Å². The second-order valence-corrected chi connectivity index (χ2v) is 3.38. The third kappa shape index (κ3) is 2.29. The molecule has 88 valence electrons. The molecule has 1 aromatic heterocycles. The van der Waals surface area contributed by atoms with Gasteiger partial charge in [-0.1, -0.05) is 0 Å². The summed E-state index contributed by atoms with van der Waals surface area (Å²) in [5, 5.41) is 0. The number of nitrogens with zero attached hydrogens (tertiary/aromatic N) is 1. The minimum atomic E-state index is -2.69. The zero-order valence-corrected chi connectivity index (χ0v) is 9.52. The van der Waals surface area contributed by atoms with E-state index in [4.69, 9.17) is 11.6 Å². The molecule has 0 spiro atoms. The Morgan fingerprint density at radius 1 is 1.62 bits per heavy atom. The normalized spacial score (nSPS) is 10.6. The number of hydrogen-bond acceptors (Lipinski definition) is 3. The quantitative estimate of drug-likeness (QED) is 0.611. The second-order valence-electron chi connectivity index (χ2n) is 3.11. The summed E-state index contributed by atoms with van der Waals surface area (Å²) >= 11 is 5.57. The first-order chi connectivity index (χ1) is 7.52. The van der Waals surface area contributed by atoms with E-state index in [1.165, 1.54) is 13.1 Å². The third-order valence-corrected chi connectivity index (χ3v) is 2.42. The summed E-state index contributed by atoms with van der Waals surface area (Å²) in [6.45, 7) is 1.49. The lowest BCUT2D eigenvalue weighted by molar-refractivity contribution is 0.0592. The Bertz CT molecular complexity index is 410. The van der Waals surface area contributed by atoms with Crippen molar-refractivity contribution in [2.24, 2.45) is 0 Å². The number of rotatable bonds is 3. The lowest BCUT2D eigenvalue weighted by Crippen LogP contribution is -2.11. The highest BCUT2D eigenvalue weighted by molar-refractivity contribution is 6.17. The summed E-state index contributed by atoms with van der Waals surface area (Å²) in [5.41, 5.74) is -0.0642. The molecule has 0 atom stereocenters. The van der Waals surface area contributed by atoms with Crippen LogP contribution in [-0.4, -0.2) is 18.1 Å². The highest BCUT2D eigenvalue weighted by Gasteiger charge is 2.23. The van der Waals surface area contributed by atoms with Gasteiger partial charge in [-0.25, -0.2) is 18.6 Å². The monoisotopic (exact) mass is 249 g/mol. The number of alkyl halides is 3. The number of halogens is 3. The average Bonchev–Trinajstić information content (AvgIpc) is 2.26. The Labute approximate surface area is 96.4 Å². The van der Waals surface area contributed by atoms with Crippen LogP contribution in [0.15, 0.2) is 6.20 Å². The number of carbonyl (C=O) groups is 1.